The minimum Gasteiger partial charge on any atom is -0.345 e. The molecule has 0 aliphatic rings. The highest BCUT2D eigenvalue weighted by Gasteiger charge is 2.19. The predicted octanol–water partition coefficient (Wildman–Crippen LogP) is 4.06. The SMILES string of the molecule is Cc1cc(C)nc(-n2nc(C)c(CC(=O)N(C)CCCc3cc(-c4ccc(F)cc4)n[nH]3)c2C)n1. The van der Waals surface area contributed by atoms with Crippen LogP contribution in [0.5, 0.6) is 0 Å². The van der Waals surface area contributed by atoms with Crippen molar-refractivity contribution in [1.82, 2.24) is 34.8 Å². The van der Waals surface area contributed by atoms with Crippen molar-refractivity contribution >= 4 is 5.91 Å². The maximum Gasteiger partial charge on any atom is 0.251 e. The first-order valence-corrected chi connectivity index (χ1v) is 11.6. The van der Waals surface area contributed by atoms with Crippen molar-refractivity contribution in [2.45, 2.75) is 47.0 Å². The molecule has 4 rings (SSSR count). The molecular formula is C26H30FN7O. The summed E-state index contributed by atoms with van der Waals surface area (Å²) in [6, 6.07) is 10.1. The van der Waals surface area contributed by atoms with Crippen LogP contribution in [-0.2, 0) is 17.6 Å². The molecule has 0 radical (unpaired) electrons. The largest absolute Gasteiger partial charge is 0.345 e. The normalized spacial score (nSPS) is 11.1. The Morgan fingerprint density at radius 2 is 1.74 bits per heavy atom. The van der Waals surface area contributed by atoms with E-state index in [0.29, 0.717) is 12.5 Å². The van der Waals surface area contributed by atoms with Crippen molar-refractivity contribution in [2.24, 2.45) is 0 Å². The van der Waals surface area contributed by atoms with Crippen molar-refractivity contribution in [3.63, 3.8) is 0 Å². The fourth-order valence-electron chi connectivity index (χ4n) is 4.10. The maximum atomic E-state index is 13.1. The quantitative estimate of drug-likeness (QED) is 0.415. The van der Waals surface area contributed by atoms with Gasteiger partial charge in [0.1, 0.15) is 5.82 Å². The van der Waals surface area contributed by atoms with Gasteiger partial charge in [0.25, 0.3) is 5.95 Å². The fraction of sp³-hybridized carbons (Fsp3) is 0.346. The third kappa shape index (κ3) is 5.62. The summed E-state index contributed by atoms with van der Waals surface area (Å²) < 4.78 is 14.9. The molecule has 0 saturated carbocycles. The minimum absolute atomic E-state index is 0.0358. The molecule has 0 bridgehead atoms. The number of likely N-dealkylation sites (N-methyl/N-ethyl adjacent to an activating group) is 1. The van der Waals surface area contributed by atoms with Crippen LogP contribution < -0.4 is 0 Å². The Morgan fingerprint density at radius 1 is 1.06 bits per heavy atom. The smallest absolute Gasteiger partial charge is 0.251 e. The van der Waals surface area contributed by atoms with Gasteiger partial charge in [-0.25, -0.2) is 19.0 Å². The van der Waals surface area contributed by atoms with Crippen LogP contribution >= 0.6 is 0 Å². The molecule has 0 unspecified atom stereocenters. The summed E-state index contributed by atoms with van der Waals surface area (Å²) in [6.45, 7) is 8.33. The van der Waals surface area contributed by atoms with Crippen LogP contribution in [0.25, 0.3) is 17.2 Å². The van der Waals surface area contributed by atoms with Crippen LogP contribution in [0.4, 0.5) is 4.39 Å². The molecule has 0 aliphatic carbocycles. The van der Waals surface area contributed by atoms with Gasteiger partial charge in [0, 0.05) is 47.5 Å². The number of carbonyl (C=O) groups excluding carboxylic acids is 1. The number of amides is 1. The predicted molar refractivity (Wildman–Crippen MR) is 132 cm³/mol. The number of halogens is 1. The first kappa shape index (κ1) is 24.3. The van der Waals surface area contributed by atoms with E-state index in [-0.39, 0.29) is 18.1 Å². The number of hydrogen-bond acceptors (Lipinski definition) is 5. The van der Waals surface area contributed by atoms with E-state index in [1.165, 1.54) is 12.1 Å². The van der Waals surface area contributed by atoms with E-state index < -0.39 is 0 Å². The second-order valence-corrected chi connectivity index (χ2v) is 8.89. The van der Waals surface area contributed by atoms with Crippen LogP contribution in [0.1, 0.15) is 40.5 Å². The molecule has 0 aliphatic heterocycles. The van der Waals surface area contributed by atoms with E-state index in [1.807, 2.05) is 46.9 Å². The Morgan fingerprint density at radius 3 is 2.43 bits per heavy atom. The number of nitrogens with one attached hydrogen (secondary N) is 1. The summed E-state index contributed by atoms with van der Waals surface area (Å²) in [4.78, 5) is 23.7. The van der Waals surface area contributed by atoms with Crippen LogP contribution in [0.15, 0.2) is 36.4 Å². The first-order valence-electron chi connectivity index (χ1n) is 11.6. The van der Waals surface area contributed by atoms with Gasteiger partial charge >= 0.3 is 0 Å². The molecule has 0 spiro atoms. The molecule has 9 heteroatoms. The molecule has 3 heterocycles. The van der Waals surface area contributed by atoms with E-state index in [4.69, 9.17) is 0 Å². The molecular weight excluding hydrogens is 445 g/mol. The number of aryl methyl sites for hydroxylation is 4. The van der Waals surface area contributed by atoms with Gasteiger partial charge in [0.2, 0.25) is 5.91 Å². The lowest BCUT2D eigenvalue weighted by Crippen LogP contribution is -2.29. The van der Waals surface area contributed by atoms with Crippen LogP contribution in [-0.4, -0.2) is 54.3 Å². The van der Waals surface area contributed by atoms with Crippen molar-refractivity contribution in [3.05, 3.63) is 76.2 Å². The van der Waals surface area contributed by atoms with Crippen molar-refractivity contribution in [2.75, 3.05) is 13.6 Å². The van der Waals surface area contributed by atoms with Gasteiger partial charge in [-0.1, -0.05) is 0 Å². The van der Waals surface area contributed by atoms with Gasteiger partial charge in [0.15, 0.2) is 0 Å². The Balaban J connectivity index is 1.34. The zero-order valence-electron chi connectivity index (χ0n) is 20.8. The fourth-order valence-corrected chi connectivity index (χ4v) is 4.10. The molecule has 3 aromatic heterocycles. The average Bonchev–Trinajstić information content (AvgIpc) is 3.39. The summed E-state index contributed by atoms with van der Waals surface area (Å²) in [7, 11) is 1.82. The molecule has 1 N–H and O–H groups in total. The number of hydrogen-bond donors (Lipinski definition) is 1. The number of benzene rings is 1. The van der Waals surface area contributed by atoms with Crippen LogP contribution in [0, 0.1) is 33.5 Å². The lowest BCUT2D eigenvalue weighted by atomic mass is 10.1. The van der Waals surface area contributed by atoms with Crippen LogP contribution in [0.3, 0.4) is 0 Å². The number of nitrogens with zero attached hydrogens (tertiary/aromatic N) is 6. The Kier molecular flexibility index (Phi) is 7.04. The van der Waals surface area contributed by atoms with E-state index in [0.717, 1.165) is 58.1 Å². The van der Waals surface area contributed by atoms with Crippen molar-refractivity contribution in [1.29, 1.82) is 0 Å². The highest BCUT2D eigenvalue weighted by atomic mass is 19.1. The van der Waals surface area contributed by atoms with Gasteiger partial charge in [-0.15, -0.1) is 0 Å². The highest BCUT2D eigenvalue weighted by molar-refractivity contribution is 5.79. The summed E-state index contributed by atoms with van der Waals surface area (Å²) in [5.74, 6) is 0.289. The van der Waals surface area contributed by atoms with Gasteiger partial charge in [-0.05, 0) is 76.9 Å². The molecule has 0 fully saturated rings. The average molecular weight is 476 g/mol. The third-order valence-electron chi connectivity index (χ3n) is 6.07. The number of rotatable bonds is 8. The van der Waals surface area contributed by atoms with Crippen LogP contribution in [0.2, 0.25) is 0 Å². The number of aromatic nitrogens is 6. The van der Waals surface area contributed by atoms with Gasteiger partial charge in [0.05, 0.1) is 17.8 Å². The molecule has 1 amide bonds. The first-order chi connectivity index (χ1) is 16.7. The lowest BCUT2D eigenvalue weighted by molar-refractivity contribution is -0.129. The van der Waals surface area contributed by atoms with Gasteiger partial charge in [-0.2, -0.15) is 10.2 Å². The molecule has 35 heavy (non-hydrogen) atoms. The summed E-state index contributed by atoms with van der Waals surface area (Å²) in [6.07, 6.45) is 1.82. The summed E-state index contributed by atoms with van der Waals surface area (Å²) in [5, 5.41) is 11.9. The number of carbonyl (C=O) groups is 1. The van der Waals surface area contributed by atoms with E-state index in [1.54, 1.807) is 21.7 Å². The third-order valence-corrected chi connectivity index (χ3v) is 6.07. The monoisotopic (exact) mass is 475 g/mol. The van der Waals surface area contributed by atoms with E-state index in [9.17, 15) is 9.18 Å². The number of aromatic amines is 1. The summed E-state index contributed by atoms with van der Waals surface area (Å²) in [5.41, 5.74) is 6.95. The minimum atomic E-state index is -0.270. The van der Waals surface area contributed by atoms with E-state index >= 15 is 0 Å². The maximum absolute atomic E-state index is 13.1. The van der Waals surface area contributed by atoms with Crippen molar-refractivity contribution < 1.29 is 9.18 Å². The van der Waals surface area contributed by atoms with Gasteiger partial charge < -0.3 is 4.90 Å². The second kappa shape index (κ2) is 10.2. The Bertz CT molecular complexity index is 1320. The molecule has 1 aromatic carbocycles. The second-order valence-electron chi connectivity index (χ2n) is 8.89. The molecule has 182 valence electrons. The molecule has 4 aromatic rings. The van der Waals surface area contributed by atoms with Crippen molar-refractivity contribution in [3.8, 4) is 17.2 Å². The zero-order chi connectivity index (χ0) is 25.1. The van der Waals surface area contributed by atoms with E-state index in [2.05, 4.69) is 25.3 Å². The standard InChI is InChI=1S/C26H30FN7O/c1-16-13-17(2)29-26(28-16)34-19(4)23(18(3)32-34)15-25(35)33(5)12-6-7-22-14-24(31-30-22)20-8-10-21(27)11-9-20/h8-11,13-14H,6-7,12,15H2,1-5H3,(H,30,31). The highest BCUT2D eigenvalue weighted by Crippen LogP contribution is 2.20. The topological polar surface area (TPSA) is 92.6 Å². The molecule has 0 atom stereocenters. The zero-order valence-corrected chi connectivity index (χ0v) is 20.8. The molecule has 8 nitrogen and oxygen atoms in total. The summed E-state index contributed by atoms with van der Waals surface area (Å²) >= 11 is 0. The Labute approximate surface area is 204 Å². The number of H-pyrrole nitrogens is 1. The lowest BCUT2D eigenvalue weighted by Gasteiger charge is -2.17. The van der Waals surface area contributed by atoms with Gasteiger partial charge in [-0.3, -0.25) is 9.89 Å². The Hall–Kier alpha value is -3.88. The molecule has 0 saturated heterocycles.